The largest absolute Gasteiger partial charge is 0.293 e. The van der Waals surface area contributed by atoms with Gasteiger partial charge in [-0.25, -0.2) is 4.68 Å². The molecule has 3 aromatic rings. The van der Waals surface area contributed by atoms with Gasteiger partial charge in [-0.15, -0.1) is 11.3 Å². The maximum Gasteiger partial charge on any atom is 0.266 e. The Hall–Kier alpha value is -2.22. The number of benzene rings is 1. The van der Waals surface area contributed by atoms with Crippen LogP contribution in [0.4, 0.5) is 0 Å². The van der Waals surface area contributed by atoms with E-state index in [1.54, 1.807) is 16.2 Å². The van der Waals surface area contributed by atoms with Gasteiger partial charge in [0.25, 0.3) is 5.91 Å². The number of thioether (sulfide) groups is 1. The maximum atomic E-state index is 13.2. The normalized spacial score (nSPS) is 16.3. The van der Waals surface area contributed by atoms with Crippen molar-refractivity contribution in [2.24, 2.45) is 5.92 Å². The van der Waals surface area contributed by atoms with Crippen LogP contribution in [-0.2, 0) is 4.79 Å². The van der Waals surface area contributed by atoms with Gasteiger partial charge >= 0.3 is 0 Å². The maximum absolute atomic E-state index is 13.2. The molecule has 0 spiro atoms. The molecule has 1 fully saturated rings. The summed E-state index contributed by atoms with van der Waals surface area (Å²) in [6.45, 7) is 5.11. The smallest absolute Gasteiger partial charge is 0.266 e. The minimum Gasteiger partial charge on any atom is -0.293 e. The van der Waals surface area contributed by atoms with Crippen LogP contribution in [0.2, 0.25) is 0 Å². The molecule has 0 saturated carbocycles. The number of thiocarbonyl (C=S) groups is 1. The number of unbranched alkanes of at least 4 members (excludes halogenated alkanes) is 1. The van der Waals surface area contributed by atoms with E-state index < -0.39 is 0 Å². The SMILES string of the molecule is CCCC[C@H](CC)CN1C(=O)/C(=C\c2cn(-c3ccccc3)nc2-c2cccs2)SC1=S. The van der Waals surface area contributed by atoms with E-state index in [0.717, 1.165) is 34.7 Å². The molecule has 4 nitrogen and oxygen atoms in total. The zero-order valence-corrected chi connectivity index (χ0v) is 20.8. The summed E-state index contributed by atoms with van der Waals surface area (Å²) in [6.07, 6.45) is 8.50. The third-order valence-corrected chi connectivity index (χ3v) is 7.92. The number of aromatic nitrogens is 2. The number of hydrogen-bond acceptors (Lipinski definition) is 5. The minimum atomic E-state index is 0.0135. The molecule has 2 aromatic heterocycles. The highest BCUT2D eigenvalue weighted by Gasteiger charge is 2.33. The van der Waals surface area contributed by atoms with Crippen molar-refractivity contribution in [2.75, 3.05) is 6.54 Å². The minimum absolute atomic E-state index is 0.0135. The number of hydrogen-bond donors (Lipinski definition) is 0. The standard InChI is InChI=1S/C25H27N3OS3/c1-3-5-10-18(4-2)16-27-24(29)22(32-25(27)30)15-19-17-28(20-11-7-6-8-12-20)26-23(19)21-13-9-14-31-21/h6-9,11-15,17-18H,3-5,10,16H2,1-2H3/b22-15+/t18-/m0/s1. The van der Waals surface area contributed by atoms with Crippen molar-refractivity contribution < 1.29 is 4.79 Å². The lowest BCUT2D eigenvalue weighted by atomic mass is 9.99. The lowest BCUT2D eigenvalue weighted by Crippen LogP contribution is -2.33. The summed E-state index contributed by atoms with van der Waals surface area (Å²) in [5.74, 6) is 0.499. The van der Waals surface area contributed by atoms with Gasteiger partial charge in [0.15, 0.2) is 0 Å². The molecule has 1 aliphatic rings. The molecule has 7 heteroatoms. The van der Waals surface area contributed by atoms with Crippen molar-refractivity contribution in [3.63, 3.8) is 0 Å². The molecule has 166 valence electrons. The fourth-order valence-electron chi connectivity index (χ4n) is 3.78. The summed E-state index contributed by atoms with van der Waals surface area (Å²) >= 11 is 8.64. The van der Waals surface area contributed by atoms with Crippen LogP contribution < -0.4 is 0 Å². The van der Waals surface area contributed by atoms with Crippen LogP contribution in [0.1, 0.15) is 45.1 Å². The van der Waals surface area contributed by atoms with E-state index in [4.69, 9.17) is 17.3 Å². The second-order valence-electron chi connectivity index (χ2n) is 7.90. The first-order chi connectivity index (χ1) is 15.6. The molecular formula is C25H27N3OS3. The van der Waals surface area contributed by atoms with E-state index in [1.165, 1.54) is 24.6 Å². The zero-order chi connectivity index (χ0) is 22.5. The van der Waals surface area contributed by atoms with Crippen LogP contribution in [0.15, 0.2) is 58.9 Å². The van der Waals surface area contributed by atoms with E-state index >= 15 is 0 Å². The first kappa shape index (κ1) is 23.0. The van der Waals surface area contributed by atoms with Gasteiger partial charge in [0.05, 0.1) is 15.5 Å². The molecule has 1 amide bonds. The Morgan fingerprint density at radius 3 is 2.66 bits per heavy atom. The predicted molar refractivity (Wildman–Crippen MR) is 140 cm³/mol. The molecule has 0 unspecified atom stereocenters. The van der Waals surface area contributed by atoms with Gasteiger partial charge in [-0.05, 0) is 42.0 Å². The van der Waals surface area contributed by atoms with Crippen LogP contribution in [0, 0.1) is 5.92 Å². The third-order valence-electron chi connectivity index (χ3n) is 5.66. The number of para-hydroxylation sites is 1. The van der Waals surface area contributed by atoms with Crippen molar-refractivity contribution in [2.45, 2.75) is 39.5 Å². The van der Waals surface area contributed by atoms with Crippen LogP contribution in [0.5, 0.6) is 0 Å². The summed E-state index contributed by atoms with van der Waals surface area (Å²) < 4.78 is 2.53. The van der Waals surface area contributed by atoms with E-state index in [2.05, 4.69) is 19.9 Å². The van der Waals surface area contributed by atoms with Crippen molar-refractivity contribution in [3.8, 4) is 16.3 Å². The lowest BCUT2D eigenvalue weighted by molar-refractivity contribution is -0.122. The van der Waals surface area contributed by atoms with E-state index in [0.29, 0.717) is 21.7 Å². The summed E-state index contributed by atoms with van der Waals surface area (Å²) in [5, 5.41) is 6.88. The number of nitrogens with zero attached hydrogens (tertiary/aromatic N) is 3. The summed E-state index contributed by atoms with van der Waals surface area (Å²) in [5.41, 5.74) is 2.79. The summed E-state index contributed by atoms with van der Waals surface area (Å²) in [6, 6.07) is 14.1. The Morgan fingerprint density at radius 2 is 1.97 bits per heavy atom. The Morgan fingerprint density at radius 1 is 1.16 bits per heavy atom. The van der Waals surface area contributed by atoms with Crippen molar-refractivity contribution in [1.29, 1.82) is 0 Å². The molecule has 0 N–H and O–H groups in total. The molecule has 1 saturated heterocycles. The number of carbonyl (C=O) groups is 1. The van der Waals surface area contributed by atoms with Crippen LogP contribution in [0.3, 0.4) is 0 Å². The van der Waals surface area contributed by atoms with E-state index in [1.807, 2.05) is 58.7 Å². The van der Waals surface area contributed by atoms with Gasteiger partial charge in [-0.2, -0.15) is 5.10 Å². The Bertz CT molecular complexity index is 1100. The number of amides is 1. The Labute approximate surface area is 203 Å². The average Bonchev–Trinajstić information content (AvgIpc) is 3.54. The highest BCUT2D eigenvalue weighted by molar-refractivity contribution is 8.26. The third kappa shape index (κ3) is 5.05. The van der Waals surface area contributed by atoms with Gasteiger partial charge in [0.1, 0.15) is 10.0 Å². The monoisotopic (exact) mass is 481 g/mol. The van der Waals surface area contributed by atoms with Crippen molar-refractivity contribution in [3.05, 3.63) is 64.5 Å². The van der Waals surface area contributed by atoms with Gasteiger partial charge in [0, 0.05) is 18.3 Å². The van der Waals surface area contributed by atoms with Crippen molar-refractivity contribution >= 4 is 51.6 Å². The molecule has 0 aliphatic carbocycles. The Kier molecular flexibility index (Phi) is 7.60. The lowest BCUT2D eigenvalue weighted by Gasteiger charge is -2.21. The number of carbonyl (C=O) groups excluding carboxylic acids is 1. The first-order valence-electron chi connectivity index (χ1n) is 11.0. The molecule has 0 bridgehead atoms. The average molecular weight is 482 g/mol. The van der Waals surface area contributed by atoms with Gasteiger partial charge in [-0.3, -0.25) is 9.69 Å². The molecule has 0 radical (unpaired) electrons. The molecule has 1 atom stereocenters. The predicted octanol–water partition coefficient (Wildman–Crippen LogP) is 7.02. The van der Waals surface area contributed by atoms with Crippen LogP contribution >= 0.6 is 35.3 Å². The van der Waals surface area contributed by atoms with Gasteiger partial charge in [0.2, 0.25) is 0 Å². The number of thiophene rings is 1. The van der Waals surface area contributed by atoms with E-state index in [9.17, 15) is 4.79 Å². The van der Waals surface area contributed by atoms with Crippen LogP contribution in [0.25, 0.3) is 22.3 Å². The number of rotatable bonds is 9. The highest BCUT2D eigenvalue weighted by atomic mass is 32.2. The molecule has 1 aliphatic heterocycles. The summed E-state index contributed by atoms with van der Waals surface area (Å²) in [7, 11) is 0. The van der Waals surface area contributed by atoms with E-state index in [-0.39, 0.29) is 5.91 Å². The molecular weight excluding hydrogens is 454 g/mol. The Balaban J connectivity index is 1.64. The first-order valence-corrected chi connectivity index (χ1v) is 13.2. The fraction of sp³-hybridized carbons (Fsp3) is 0.320. The second kappa shape index (κ2) is 10.6. The van der Waals surface area contributed by atoms with Crippen LogP contribution in [-0.4, -0.2) is 31.5 Å². The molecule has 4 rings (SSSR count). The quantitative estimate of drug-likeness (QED) is 0.243. The molecule has 32 heavy (non-hydrogen) atoms. The van der Waals surface area contributed by atoms with Gasteiger partial charge < -0.3 is 0 Å². The zero-order valence-electron chi connectivity index (χ0n) is 18.4. The highest BCUT2D eigenvalue weighted by Crippen LogP contribution is 2.36. The fourth-order valence-corrected chi connectivity index (χ4v) is 5.78. The second-order valence-corrected chi connectivity index (χ2v) is 10.5. The molecule has 1 aromatic carbocycles. The van der Waals surface area contributed by atoms with Gasteiger partial charge in [-0.1, -0.05) is 81.4 Å². The van der Waals surface area contributed by atoms with Crippen molar-refractivity contribution in [1.82, 2.24) is 14.7 Å². The molecule has 3 heterocycles. The summed E-state index contributed by atoms with van der Waals surface area (Å²) in [4.78, 5) is 16.8. The topological polar surface area (TPSA) is 38.1 Å².